The second-order valence-electron chi connectivity index (χ2n) is 6.66. The van der Waals surface area contributed by atoms with E-state index in [1.165, 1.54) is 0 Å². The first-order valence-electron chi connectivity index (χ1n) is 6.50. The molecule has 1 aliphatic carbocycles. The lowest BCUT2D eigenvalue weighted by Crippen LogP contribution is -2.43. The van der Waals surface area contributed by atoms with Gasteiger partial charge in [0.05, 0.1) is 18.8 Å². The molecule has 2 unspecified atom stereocenters. The van der Waals surface area contributed by atoms with Gasteiger partial charge in [-0.05, 0) is 40.0 Å². The fourth-order valence-corrected chi connectivity index (χ4v) is 2.84. The van der Waals surface area contributed by atoms with Crippen molar-refractivity contribution in [2.24, 2.45) is 5.41 Å². The number of hydrogen-bond donors (Lipinski definition) is 2. The smallest absolute Gasteiger partial charge is 0.407 e. The van der Waals surface area contributed by atoms with Gasteiger partial charge in [-0.15, -0.1) is 0 Å². The topological polar surface area (TPSA) is 67.8 Å². The highest BCUT2D eigenvalue weighted by Gasteiger charge is 2.55. The van der Waals surface area contributed by atoms with Gasteiger partial charge in [0.2, 0.25) is 0 Å². The number of fused-ring (bicyclic) bond motifs is 2. The molecule has 2 fully saturated rings. The Morgan fingerprint density at radius 3 is 2.61 bits per heavy atom. The summed E-state index contributed by atoms with van der Waals surface area (Å²) in [6.45, 7) is 6.74. The molecule has 1 aliphatic heterocycles. The molecule has 2 bridgehead atoms. The van der Waals surface area contributed by atoms with Crippen LogP contribution in [0.4, 0.5) is 4.79 Å². The number of hydrogen-bond acceptors (Lipinski definition) is 4. The zero-order valence-corrected chi connectivity index (χ0v) is 11.4. The summed E-state index contributed by atoms with van der Waals surface area (Å²) in [5.74, 6) is 0. The van der Waals surface area contributed by atoms with Gasteiger partial charge in [0.15, 0.2) is 0 Å². The molecule has 0 spiro atoms. The molecule has 5 nitrogen and oxygen atoms in total. The van der Waals surface area contributed by atoms with Crippen molar-refractivity contribution < 1.29 is 19.4 Å². The number of carbonyl (C=O) groups is 1. The number of ether oxygens (including phenoxy) is 2. The van der Waals surface area contributed by atoms with Gasteiger partial charge in [0.1, 0.15) is 5.60 Å². The highest BCUT2D eigenvalue weighted by atomic mass is 16.6. The zero-order valence-electron chi connectivity index (χ0n) is 11.4. The minimum absolute atomic E-state index is 0.0738. The Kier molecular flexibility index (Phi) is 3.32. The molecule has 104 valence electrons. The van der Waals surface area contributed by atoms with Gasteiger partial charge in [-0.25, -0.2) is 4.79 Å². The Morgan fingerprint density at radius 1 is 1.44 bits per heavy atom. The van der Waals surface area contributed by atoms with E-state index in [9.17, 15) is 9.90 Å². The Labute approximate surface area is 108 Å². The van der Waals surface area contributed by atoms with Crippen molar-refractivity contribution in [3.05, 3.63) is 0 Å². The molecule has 0 aromatic rings. The van der Waals surface area contributed by atoms with E-state index in [2.05, 4.69) is 5.32 Å². The quantitative estimate of drug-likeness (QED) is 0.803. The molecule has 1 saturated heterocycles. The van der Waals surface area contributed by atoms with Gasteiger partial charge in [0, 0.05) is 12.0 Å². The number of carbonyl (C=O) groups excluding carboxylic acids is 1. The molecule has 0 aromatic heterocycles. The van der Waals surface area contributed by atoms with E-state index in [1.54, 1.807) is 0 Å². The standard InChI is InChI=1S/C13H23NO4/c1-11(2,3)18-10(16)14-7-13-5-4-12(6-13,8-15)9-17-13/h15H,4-9H2,1-3H3,(H,14,16). The number of aliphatic hydroxyl groups excluding tert-OH is 1. The van der Waals surface area contributed by atoms with E-state index in [-0.39, 0.29) is 17.6 Å². The summed E-state index contributed by atoms with van der Waals surface area (Å²) in [6.07, 6.45) is 2.28. The molecule has 2 N–H and O–H groups in total. The molecule has 1 amide bonds. The summed E-state index contributed by atoms with van der Waals surface area (Å²) >= 11 is 0. The third kappa shape index (κ3) is 2.78. The minimum Gasteiger partial charge on any atom is -0.444 e. The zero-order chi connectivity index (χ0) is 13.4. The third-order valence-electron chi connectivity index (χ3n) is 3.78. The van der Waals surface area contributed by atoms with Gasteiger partial charge in [-0.1, -0.05) is 0 Å². The molecule has 18 heavy (non-hydrogen) atoms. The van der Waals surface area contributed by atoms with Crippen LogP contribution in [0, 0.1) is 5.41 Å². The van der Waals surface area contributed by atoms with Gasteiger partial charge >= 0.3 is 6.09 Å². The number of aliphatic hydroxyl groups is 1. The summed E-state index contributed by atoms with van der Waals surface area (Å²) < 4.78 is 11.0. The van der Waals surface area contributed by atoms with Crippen molar-refractivity contribution in [3.63, 3.8) is 0 Å². The van der Waals surface area contributed by atoms with Crippen molar-refractivity contribution in [3.8, 4) is 0 Å². The first-order valence-corrected chi connectivity index (χ1v) is 6.50. The molecular weight excluding hydrogens is 234 g/mol. The van der Waals surface area contributed by atoms with E-state index >= 15 is 0 Å². The fraction of sp³-hybridized carbons (Fsp3) is 0.923. The Morgan fingerprint density at radius 2 is 2.17 bits per heavy atom. The number of amides is 1. The number of alkyl carbamates (subject to hydrolysis) is 1. The van der Waals surface area contributed by atoms with Crippen LogP contribution in [0.15, 0.2) is 0 Å². The van der Waals surface area contributed by atoms with E-state index in [1.807, 2.05) is 20.8 Å². The lowest BCUT2D eigenvalue weighted by atomic mass is 9.89. The molecule has 0 radical (unpaired) electrons. The normalized spacial score (nSPS) is 34.7. The van der Waals surface area contributed by atoms with Crippen LogP contribution in [0.2, 0.25) is 0 Å². The van der Waals surface area contributed by atoms with E-state index in [0.717, 1.165) is 19.3 Å². The maximum Gasteiger partial charge on any atom is 0.407 e. The van der Waals surface area contributed by atoms with E-state index in [0.29, 0.717) is 13.2 Å². The summed E-state index contributed by atoms with van der Waals surface area (Å²) in [5.41, 5.74) is -0.849. The lowest BCUT2D eigenvalue weighted by Gasteiger charge is -2.28. The second kappa shape index (κ2) is 4.38. The van der Waals surface area contributed by atoms with Crippen LogP contribution in [0.1, 0.15) is 40.0 Å². The summed E-state index contributed by atoms with van der Waals surface area (Å²) in [7, 11) is 0. The number of nitrogens with one attached hydrogen (secondary N) is 1. The first kappa shape index (κ1) is 13.6. The predicted octanol–water partition coefficient (Wildman–Crippen LogP) is 1.44. The molecule has 5 heteroatoms. The maximum absolute atomic E-state index is 11.6. The molecular formula is C13H23NO4. The minimum atomic E-state index is -0.483. The van der Waals surface area contributed by atoms with Gasteiger partial charge in [0.25, 0.3) is 0 Å². The van der Waals surface area contributed by atoms with Crippen LogP contribution >= 0.6 is 0 Å². The number of rotatable bonds is 3. The van der Waals surface area contributed by atoms with Crippen LogP contribution in [0.3, 0.4) is 0 Å². The highest BCUT2D eigenvalue weighted by molar-refractivity contribution is 5.67. The van der Waals surface area contributed by atoms with Crippen LogP contribution < -0.4 is 5.32 Å². The van der Waals surface area contributed by atoms with Gasteiger partial charge in [-0.3, -0.25) is 0 Å². The Balaban J connectivity index is 1.83. The predicted molar refractivity (Wildman–Crippen MR) is 66.3 cm³/mol. The summed E-state index contributed by atoms with van der Waals surface area (Å²) in [6, 6.07) is 0. The van der Waals surface area contributed by atoms with Crippen LogP contribution in [0.25, 0.3) is 0 Å². The van der Waals surface area contributed by atoms with Gasteiger partial charge in [-0.2, -0.15) is 0 Å². The Bertz CT molecular complexity index is 326. The van der Waals surface area contributed by atoms with Crippen LogP contribution in [-0.2, 0) is 9.47 Å². The Hall–Kier alpha value is -0.810. The summed E-state index contributed by atoms with van der Waals surface area (Å²) in [4.78, 5) is 11.6. The summed E-state index contributed by atoms with van der Waals surface area (Å²) in [5, 5.41) is 12.2. The molecule has 1 saturated carbocycles. The van der Waals surface area contributed by atoms with Crippen molar-refractivity contribution in [2.45, 2.75) is 51.2 Å². The van der Waals surface area contributed by atoms with Crippen molar-refractivity contribution in [2.75, 3.05) is 19.8 Å². The largest absolute Gasteiger partial charge is 0.444 e. The average Bonchev–Trinajstić information content (AvgIpc) is 2.81. The average molecular weight is 257 g/mol. The SMILES string of the molecule is CC(C)(C)OC(=O)NCC12CCC(CO)(CO1)C2. The first-order chi connectivity index (χ1) is 8.28. The molecule has 1 heterocycles. The van der Waals surface area contributed by atoms with E-state index < -0.39 is 11.7 Å². The maximum atomic E-state index is 11.6. The van der Waals surface area contributed by atoms with Crippen molar-refractivity contribution >= 4 is 6.09 Å². The van der Waals surface area contributed by atoms with Crippen molar-refractivity contribution in [1.82, 2.24) is 5.32 Å². The third-order valence-corrected chi connectivity index (χ3v) is 3.78. The fourth-order valence-electron chi connectivity index (χ4n) is 2.84. The van der Waals surface area contributed by atoms with Gasteiger partial charge < -0.3 is 19.9 Å². The van der Waals surface area contributed by atoms with Crippen molar-refractivity contribution in [1.29, 1.82) is 0 Å². The molecule has 2 rings (SSSR count). The second-order valence-corrected chi connectivity index (χ2v) is 6.66. The molecule has 2 atom stereocenters. The molecule has 0 aromatic carbocycles. The van der Waals surface area contributed by atoms with Crippen LogP contribution in [-0.4, -0.2) is 42.2 Å². The monoisotopic (exact) mass is 257 g/mol. The molecule has 2 aliphatic rings. The highest BCUT2D eigenvalue weighted by Crippen LogP contribution is 2.52. The van der Waals surface area contributed by atoms with Crippen LogP contribution in [0.5, 0.6) is 0 Å². The van der Waals surface area contributed by atoms with E-state index in [4.69, 9.17) is 9.47 Å². The lowest BCUT2D eigenvalue weighted by molar-refractivity contribution is -0.0362.